The molecule has 3 rings (SSSR count). The number of nitrogens with zero attached hydrogens (tertiary/aromatic N) is 3. The Morgan fingerprint density at radius 3 is 2.45 bits per heavy atom. The van der Waals surface area contributed by atoms with Crippen molar-refractivity contribution in [2.24, 2.45) is 14.1 Å². The third-order valence-electron chi connectivity index (χ3n) is 3.73. The second kappa shape index (κ2) is 4.93. The molecule has 3 heteroatoms. The van der Waals surface area contributed by atoms with Crippen LogP contribution in [0.3, 0.4) is 0 Å². The van der Waals surface area contributed by atoms with E-state index in [1.807, 2.05) is 24.1 Å². The highest BCUT2D eigenvalue weighted by molar-refractivity contribution is 5.62. The van der Waals surface area contributed by atoms with E-state index in [4.69, 9.17) is 0 Å². The van der Waals surface area contributed by atoms with Crippen LogP contribution < -0.4 is 4.57 Å². The maximum absolute atomic E-state index is 4.21. The predicted octanol–water partition coefficient (Wildman–Crippen LogP) is 2.89. The Labute approximate surface area is 119 Å². The molecule has 3 nitrogen and oxygen atoms in total. The standard InChI is InChI=1S/C17H18N3/c1-13-7-4-5-8-14(13)15-9-6-10-16(20(15)3)17-11-18-12-19(17)2/h4-12H,1-3H3/q+1. The lowest BCUT2D eigenvalue weighted by molar-refractivity contribution is -0.649. The van der Waals surface area contributed by atoms with Gasteiger partial charge in [0.2, 0.25) is 11.4 Å². The predicted molar refractivity (Wildman–Crippen MR) is 80.0 cm³/mol. The fourth-order valence-electron chi connectivity index (χ4n) is 2.58. The van der Waals surface area contributed by atoms with Gasteiger partial charge in [-0.1, -0.05) is 18.2 Å². The minimum atomic E-state index is 1.11. The molecule has 20 heavy (non-hydrogen) atoms. The molecule has 0 aliphatic rings. The molecule has 3 aromatic rings. The molecule has 0 N–H and O–H groups in total. The zero-order chi connectivity index (χ0) is 14.1. The normalized spacial score (nSPS) is 10.8. The summed E-state index contributed by atoms with van der Waals surface area (Å²) in [5, 5.41) is 0. The Morgan fingerprint density at radius 2 is 1.75 bits per heavy atom. The molecule has 0 saturated heterocycles. The van der Waals surface area contributed by atoms with Crippen LogP contribution in [0.2, 0.25) is 0 Å². The van der Waals surface area contributed by atoms with E-state index in [1.165, 1.54) is 16.8 Å². The van der Waals surface area contributed by atoms with Gasteiger partial charge in [-0.25, -0.2) is 4.98 Å². The zero-order valence-corrected chi connectivity index (χ0v) is 12.0. The van der Waals surface area contributed by atoms with Gasteiger partial charge in [-0.15, -0.1) is 0 Å². The molecule has 0 aliphatic heterocycles. The van der Waals surface area contributed by atoms with Crippen molar-refractivity contribution < 1.29 is 4.57 Å². The van der Waals surface area contributed by atoms with Gasteiger partial charge >= 0.3 is 0 Å². The number of aromatic nitrogens is 3. The topological polar surface area (TPSA) is 21.7 Å². The van der Waals surface area contributed by atoms with Gasteiger partial charge in [-0.2, -0.15) is 4.57 Å². The molecule has 0 radical (unpaired) electrons. The highest BCUT2D eigenvalue weighted by Crippen LogP contribution is 2.22. The molecular formula is C17H18N3+. The van der Waals surface area contributed by atoms with Crippen molar-refractivity contribution in [3.05, 3.63) is 60.6 Å². The van der Waals surface area contributed by atoms with Crippen molar-refractivity contribution in [1.82, 2.24) is 9.55 Å². The summed E-state index contributed by atoms with van der Waals surface area (Å²) in [4.78, 5) is 4.21. The maximum atomic E-state index is 4.21. The summed E-state index contributed by atoms with van der Waals surface area (Å²) in [6.07, 6.45) is 3.73. The Morgan fingerprint density at radius 1 is 1.00 bits per heavy atom. The summed E-state index contributed by atoms with van der Waals surface area (Å²) in [7, 11) is 4.12. The van der Waals surface area contributed by atoms with E-state index >= 15 is 0 Å². The summed E-state index contributed by atoms with van der Waals surface area (Å²) < 4.78 is 4.26. The van der Waals surface area contributed by atoms with E-state index < -0.39 is 0 Å². The lowest BCUT2D eigenvalue weighted by atomic mass is 10.0. The van der Waals surface area contributed by atoms with Gasteiger partial charge in [0.1, 0.15) is 12.7 Å². The molecule has 100 valence electrons. The van der Waals surface area contributed by atoms with Crippen molar-refractivity contribution in [3.63, 3.8) is 0 Å². The van der Waals surface area contributed by atoms with E-state index in [0.29, 0.717) is 0 Å². The number of aryl methyl sites for hydroxylation is 2. The molecule has 0 amide bonds. The van der Waals surface area contributed by atoms with Gasteiger partial charge in [0.25, 0.3) is 0 Å². The largest absolute Gasteiger partial charge is 0.329 e. The molecule has 1 aromatic carbocycles. The summed E-state index contributed by atoms with van der Waals surface area (Å²) in [6.45, 7) is 2.14. The number of imidazole rings is 1. The monoisotopic (exact) mass is 264 g/mol. The van der Waals surface area contributed by atoms with Gasteiger partial charge in [-0.3, -0.25) is 0 Å². The number of hydrogen-bond donors (Lipinski definition) is 0. The highest BCUT2D eigenvalue weighted by atomic mass is 15.1. The van der Waals surface area contributed by atoms with Gasteiger partial charge in [0.05, 0.1) is 12.5 Å². The third kappa shape index (κ3) is 2.01. The van der Waals surface area contributed by atoms with Gasteiger partial charge in [0, 0.05) is 24.7 Å². The van der Waals surface area contributed by atoms with E-state index in [0.717, 1.165) is 11.4 Å². The first kappa shape index (κ1) is 12.6. The third-order valence-corrected chi connectivity index (χ3v) is 3.73. The van der Waals surface area contributed by atoms with Crippen LogP contribution in [0.1, 0.15) is 5.56 Å². The van der Waals surface area contributed by atoms with Crippen molar-refractivity contribution in [3.8, 4) is 22.6 Å². The van der Waals surface area contributed by atoms with Crippen LogP contribution >= 0.6 is 0 Å². The van der Waals surface area contributed by atoms with Crippen molar-refractivity contribution in [1.29, 1.82) is 0 Å². The first-order valence-electron chi connectivity index (χ1n) is 6.70. The van der Waals surface area contributed by atoms with Crippen LogP contribution in [0, 0.1) is 6.92 Å². The smallest absolute Gasteiger partial charge is 0.231 e. The minimum absolute atomic E-state index is 1.11. The average Bonchev–Trinajstić information content (AvgIpc) is 2.86. The fraction of sp³-hybridized carbons (Fsp3) is 0.176. The first-order valence-corrected chi connectivity index (χ1v) is 6.70. The molecule has 0 unspecified atom stereocenters. The average molecular weight is 264 g/mol. The van der Waals surface area contributed by atoms with Crippen LogP contribution in [0.4, 0.5) is 0 Å². The van der Waals surface area contributed by atoms with Crippen LogP contribution in [0.25, 0.3) is 22.6 Å². The SMILES string of the molecule is Cc1ccccc1-c1cccc(-c2cncn2C)[n+]1C. The van der Waals surface area contributed by atoms with E-state index in [1.54, 1.807) is 0 Å². The molecule has 0 bridgehead atoms. The molecular weight excluding hydrogens is 246 g/mol. The quantitative estimate of drug-likeness (QED) is 0.652. The van der Waals surface area contributed by atoms with Crippen molar-refractivity contribution in [2.45, 2.75) is 6.92 Å². The highest BCUT2D eigenvalue weighted by Gasteiger charge is 2.18. The molecule has 2 heterocycles. The van der Waals surface area contributed by atoms with Gasteiger partial charge < -0.3 is 4.57 Å². The zero-order valence-electron chi connectivity index (χ0n) is 12.0. The molecule has 0 aliphatic carbocycles. The van der Waals surface area contributed by atoms with Crippen molar-refractivity contribution >= 4 is 0 Å². The lowest BCUT2D eigenvalue weighted by Gasteiger charge is -2.07. The maximum Gasteiger partial charge on any atom is 0.231 e. The summed E-state index contributed by atoms with van der Waals surface area (Å²) in [6, 6.07) is 14.8. The van der Waals surface area contributed by atoms with E-state index in [9.17, 15) is 0 Å². The second-order valence-corrected chi connectivity index (χ2v) is 5.06. The Balaban J connectivity index is 2.21. The number of pyridine rings is 1. The van der Waals surface area contributed by atoms with Crippen LogP contribution in [-0.2, 0) is 14.1 Å². The Kier molecular flexibility index (Phi) is 3.11. The first-order chi connectivity index (χ1) is 9.68. The molecule has 0 spiro atoms. The van der Waals surface area contributed by atoms with Gasteiger partial charge in [-0.05, 0) is 24.6 Å². The fourth-order valence-corrected chi connectivity index (χ4v) is 2.58. The van der Waals surface area contributed by atoms with Crippen LogP contribution in [-0.4, -0.2) is 9.55 Å². The van der Waals surface area contributed by atoms with E-state index in [-0.39, 0.29) is 0 Å². The Hall–Kier alpha value is -2.42. The number of benzene rings is 1. The molecule has 0 atom stereocenters. The number of hydrogen-bond acceptors (Lipinski definition) is 1. The molecule has 0 saturated carbocycles. The number of rotatable bonds is 2. The van der Waals surface area contributed by atoms with E-state index in [2.05, 4.69) is 66.0 Å². The summed E-state index contributed by atoms with van der Waals surface area (Å²) in [5.41, 5.74) is 6.03. The minimum Gasteiger partial charge on any atom is -0.329 e. The van der Waals surface area contributed by atoms with Gasteiger partial charge in [0.15, 0.2) is 0 Å². The summed E-state index contributed by atoms with van der Waals surface area (Å²) >= 11 is 0. The molecule has 0 fully saturated rings. The van der Waals surface area contributed by atoms with Crippen LogP contribution in [0.5, 0.6) is 0 Å². The Bertz CT molecular complexity index is 756. The lowest BCUT2D eigenvalue weighted by Crippen LogP contribution is -2.34. The summed E-state index contributed by atoms with van der Waals surface area (Å²) in [5.74, 6) is 0. The van der Waals surface area contributed by atoms with Crippen molar-refractivity contribution in [2.75, 3.05) is 0 Å². The van der Waals surface area contributed by atoms with Crippen LogP contribution in [0.15, 0.2) is 55.0 Å². The second-order valence-electron chi connectivity index (χ2n) is 5.06. The molecule has 2 aromatic heterocycles.